The number of carbonyl (C=O) groups excluding carboxylic acids is 1. The third-order valence-electron chi connectivity index (χ3n) is 2.48. The molecule has 100 valence electrons. The Hall–Kier alpha value is -0.610. The normalized spacial score (nSPS) is 10.6. The smallest absolute Gasteiger partial charge is 0.249 e. The van der Waals surface area contributed by atoms with Gasteiger partial charge in [0, 0.05) is 9.79 Å². The van der Waals surface area contributed by atoms with Gasteiger partial charge >= 0.3 is 0 Å². The first-order valence-corrected chi connectivity index (χ1v) is 8.27. The Bertz CT molecular complexity index is 419. The molecular weight excluding hydrogens is 262 g/mol. The van der Waals surface area contributed by atoms with E-state index in [0.717, 1.165) is 29.2 Å². The molecule has 18 heavy (non-hydrogen) atoms. The molecule has 1 aromatic rings. The molecule has 0 aliphatic carbocycles. The van der Waals surface area contributed by atoms with Gasteiger partial charge in [0.25, 0.3) is 0 Å². The van der Waals surface area contributed by atoms with Crippen LogP contribution in [0.25, 0.3) is 0 Å². The zero-order chi connectivity index (χ0) is 13.5. The summed E-state index contributed by atoms with van der Waals surface area (Å²) in [5.74, 6) is 1.76. The minimum atomic E-state index is -0.327. The summed E-state index contributed by atoms with van der Waals surface area (Å²) in [6, 6.07) is 3.85. The first kappa shape index (κ1) is 15.4. The van der Waals surface area contributed by atoms with E-state index in [4.69, 9.17) is 5.73 Å². The van der Waals surface area contributed by atoms with Crippen LogP contribution in [0.1, 0.15) is 42.6 Å². The fraction of sp³-hybridized carbons (Fsp3) is 0.500. The number of aryl methyl sites for hydroxylation is 1. The summed E-state index contributed by atoms with van der Waals surface area (Å²) in [4.78, 5) is 13.8. The standard InChI is InChI=1S/C14H21NOS2/c1-4-8-17-12-10(3)6-7-11(14(15)16)13(12)18-9-5-2/h6-7H,4-5,8-9H2,1-3H3,(H2,15,16). The summed E-state index contributed by atoms with van der Waals surface area (Å²) in [7, 11) is 0. The highest BCUT2D eigenvalue weighted by atomic mass is 32.2. The van der Waals surface area contributed by atoms with Crippen molar-refractivity contribution in [1.82, 2.24) is 0 Å². The summed E-state index contributed by atoms with van der Waals surface area (Å²) in [6.45, 7) is 6.41. The van der Waals surface area contributed by atoms with Crippen molar-refractivity contribution < 1.29 is 4.79 Å². The lowest BCUT2D eigenvalue weighted by Gasteiger charge is -2.14. The van der Waals surface area contributed by atoms with Crippen molar-refractivity contribution in [3.63, 3.8) is 0 Å². The van der Waals surface area contributed by atoms with E-state index < -0.39 is 0 Å². The molecule has 1 aromatic carbocycles. The minimum absolute atomic E-state index is 0.327. The lowest BCUT2D eigenvalue weighted by molar-refractivity contribution is 0.0997. The van der Waals surface area contributed by atoms with E-state index in [1.165, 1.54) is 10.5 Å². The molecular formula is C14H21NOS2. The molecule has 0 saturated carbocycles. The molecule has 2 nitrogen and oxygen atoms in total. The average Bonchev–Trinajstić information content (AvgIpc) is 2.34. The molecule has 0 saturated heterocycles. The number of hydrogen-bond donors (Lipinski definition) is 1. The monoisotopic (exact) mass is 283 g/mol. The minimum Gasteiger partial charge on any atom is -0.366 e. The Morgan fingerprint density at radius 1 is 1.11 bits per heavy atom. The molecule has 0 heterocycles. The number of hydrogen-bond acceptors (Lipinski definition) is 3. The molecule has 0 unspecified atom stereocenters. The van der Waals surface area contributed by atoms with E-state index in [2.05, 4.69) is 20.8 Å². The second-order valence-electron chi connectivity index (χ2n) is 4.15. The van der Waals surface area contributed by atoms with Crippen LogP contribution >= 0.6 is 23.5 Å². The summed E-state index contributed by atoms with van der Waals surface area (Å²) in [5.41, 5.74) is 7.37. The highest BCUT2D eigenvalue weighted by Gasteiger charge is 2.15. The van der Waals surface area contributed by atoms with Crippen LogP contribution in [0.2, 0.25) is 0 Å². The van der Waals surface area contributed by atoms with Crippen LogP contribution in [-0.2, 0) is 0 Å². The third-order valence-corrected chi connectivity index (χ3v) is 5.36. The van der Waals surface area contributed by atoms with Crippen LogP contribution in [0.4, 0.5) is 0 Å². The van der Waals surface area contributed by atoms with Crippen molar-refractivity contribution in [3.05, 3.63) is 23.3 Å². The summed E-state index contributed by atoms with van der Waals surface area (Å²) in [5, 5.41) is 0. The fourth-order valence-electron chi connectivity index (χ4n) is 1.59. The van der Waals surface area contributed by atoms with Gasteiger partial charge in [-0.05, 0) is 42.9 Å². The molecule has 0 fully saturated rings. The van der Waals surface area contributed by atoms with Gasteiger partial charge in [0.15, 0.2) is 0 Å². The molecule has 0 radical (unpaired) electrons. The van der Waals surface area contributed by atoms with E-state index in [1.54, 1.807) is 11.8 Å². The van der Waals surface area contributed by atoms with Crippen LogP contribution < -0.4 is 5.73 Å². The first-order valence-electron chi connectivity index (χ1n) is 6.30. The summed E-state index contributed by atoms with van der Waals surface area (Å²) in [6.07, 6.45) is 2.22. The van der Waals surface area contributed by atoms with Crippen molar-refractivity contribution in [3.8, 4) is 0 Å². The zero-order valence-electron chi connectivity index (χ0n) is 11.3. The van der Waals surface area contributed by atoms with Crippen molar-refractivity contribution in [1.29, 1.82) is 0 Å². The molecule has 0 aliphatic heterocycles. The van der Waals surface area contributed by atoms with Crippen LogP contribution in [0.3, 0.4) is 0 Å². The van der Waals surface area contributed by atoms with Gasteiger partial charge in [-0.25, -0.2) is 0 Å². The molecule has 1 rings (SSSR count). The van der Waals surface area contributed by atoms with Crippen molar-refractivity contribution in [2.45, 2.75) is 43.4 Å². The number of thioether (sulfide) groups is 2. The second-order valence-corrected chi connectivity index (χ2v) is 6.36. The zero-order valence-corrected chi connectivity index (χ0v) is 12.9. The van der Waals surface area contributed by atoms with Gasteiger partial charge in [0.05, 0.1) is 5.56 Å². The Balaban J connectivity index is 3.16. The quantitative estimate of drug-likeness (QED) is 0.766. The van der Waals surface area contributed by atoms with E-state index in [-0.39, 0.29) is 5.91 Å². The molecule has 0 aromatic heterocycles. The number of primary amides is 1. The lowest BCUT2D eigenvalue weighted by atomic mass is 10.1. The molecule has 0 spiro atoms. The lowest BCUT2D eigenvalue weighted by Crippen LogP contribution is -2.13. The van der Waals surface area contributed by atoms with Gasteiger partial charge in [0.2, 0.25) is 5.91 Å². The maximum absolute atomic E-state index is 11.5. The topological polar surface area (TPSA) is 43.1 Å². The molecule has 4 heteroatoms. The predicted octanol–water partition coefficient (Wildman–Crippen LogP) is 4.10. The number of nitrogens with two attached hydrogens (primary N) is 1. The average molecular weight is 283 g/mol. The van der Waals surface area contributed by atoms with Gasteiger partial charge in [0.1, 0.15) is 0 Å². The SMILES string of the molecule is CCCSc1c(C)ccc(C(N)=O)c1SCCC. The Morgan fingerprint density at radius 2 is 1.67 bits per heavy atom. The maximum Gasteiger partial charge on any atom is 0.249 e. The van der Waals surface area contributed by atoms with Crippen molar-refractivity contribution in [2.24, 2.45) is 5.73 Å². The molecule has 1 amide bonds. The molecule has 0 bridgehead atoms. The maximum atomic E-state index is 11.5. The number of benzene rings is 1. The van der Waals surface area contributed by atoms with Crippen LogP contribution in [0, 0.1) is 6.92 Å². The van der Waals surface area contributed by atoms with Gasteiger partial charge in [-0.1, -0.05) is 19.9 Å². The molecule has 0 atom stereocenters. The highest BCUT2D eigenvalue weighted by molar-refractivity contribution is 8.02. The number of carbonyl (C=O) groups is 1. The van der Waals surface area contributed by atoms with Gasteiger partial charge in [-0.15, -0.1) is 23.5 Å². The number of rotatable bonds is 7. The van der Waals surface area contributed by atoms with E-state index >= 15 is 0 Å². The number of amides is 1. The molecule has 0 aliphatic rings. The van der Waals surface area contributed by atoms with Crippen LogP contribution in [-0.4, -0.2) is 17.4 Å². The van der Waals surface area contributed by atoms with Crippen molar-refractivity contribution >= 4 is 29.4 Å². The highest BCUT2D eigenvalue weighted by Crippen LogP contribution is 2.37. The van der Waals surface area contributed by atoms with Gasteiger partial charge in [-0.2, -0.15) is 0 Å². The van der Waals surface area contributed by atoms with E-state index in [9.17, 15) is 4.79 Å². The van der Waals surface area contributed by atoms with Gasteiger partial charge in [-0.3, -0.25) is 4.79 Å². The Labute approximate surface area is 118 Å². The second kappa shape index (κ2) is 7.74. The molecule has 2 N–H and O–H groups in total. The predicted molar refractivity (Wildman–Crippen MR) is 81.7 cm³/mol. The summed E-state index contributed by atoms with van der Waals surface area (Å²) < 4.78 is 0. The third kappa shape index (κ3) is 3.95. The largest absolute Gasteiger partial charge is 0.366 e. The van der Waals surface area contributed by atoms with Crippen LogP contribution in [0.15, 0.2) is 21.9 Å². The van der Waals surface area contributed by atoms with Gasteiger partial charge < -0.3 is 5.73 Å². The van der Waals surface area contributed by atoms with E-state index in [1.807, 2.05) is 23.9 Å². The summed E-state index contributed by atoms with van der Waals surface area (Å²) >= 11 is 3.57. The first-order chi connectivity index (χ1) is 8.61. The fourth-order valence-corrected chi connectivity index (χ4v) is 3.91. The Kier molecular flexibility index (Phi) is 6.65. The van der Waals surface area contributed by atoms with Crippen molar-refractivity contribution in [2.75, 3.05) is 11.5 Å². The van der Waals surface area contributed by atoms with E-state index in [0.29, 0.717) is 5.56 Å². The van der Waals surface area contributed by atoms with Crippen LogP contribution in [0.5, 0.6) is 0 Å². The Morgan fingerprint density at radius 3 is 2.17 bits per heavy atom.